The first-order chi connectivity index (χ1) is 25.5. The molecule has 0 spiro atoms. The zero-order valence-corrected chi connectivity index (χ0v) is 31.5. The Morgan fingerprint density at radius 2 is 1.15 bits per heavy atom. The summed E-state index contributed by atoms with van der Waals surface area (Å²) < 4.78 is 5.43. The van der Waals surface area contributed by atoms with E-state index in [9.17, 15) is 0 Å². The first-order valence-electron chi connectivity index (χ1n) is 17.9. The molecule has 11 rings (SSSR count). The predicted octanol–water partition coefficient (Wildman–Crippen LogP) is 13.5. The summed E-state index contributed by atoms with van der Waals surface area (Å²) in [6.45, 7) is 5.08. The Morgan fingerprint density at radius 3 is 2.00 bits per heavy atom. The minimum Gasteiger partial charge on any atom is -0.310 e. The van der Waals surface area contributed by atoms with Gasteiger partial charge in [-0.1, -0.05) is 122 Å². The van der Waals surface area contributed by atoms with E-state index in [-0.39, 0.29) is 0 Å². The number of thiophene rings is 2. The maximum Gasteiger partial charge on any atom is 0.114 e. The van der Waals surface area contributed by atoms with Gasteiger partial charge in [0.25, 0.3) is 0 Å². The van der Waals surface area contributed by atoms with Crippen LogP contribution in [0.2, 0.25) is 13.1 Å². The van der Waals surface area contributed by atoms with Crippen molar-refractivity contribution in [2.75, 3.05) is 4.90 Å². The number of benzene rings is 8. The summed E-state index contributed by atoms with van der Waals surface area (Å²) in [4.78, 5) is 2.51. The van der Waals surface area contributed by atoms with Crippen molar-refractivity contribution < 1.29 is 0 Å². The molecule has 0 unspecified atom stereocenters. The van der Waals surface area contributed by atoms with Crippen LogP contribution in [0.25, 0.3) is 73.4 Å². The molecule has 4 heteroatoms. The van der Waals surface area contributed by atoms with E-state index in [1.54, 1.807) is 5.19 Å². The lowest BCUT2D eigenvalue weighted by atomic mass is 10.00. The fourth-order valence-electron chi connectivity index (χ4n) is 8.67. The van der Waals surface area contributed by atoms with Gasteiger partial charge in [0.2, 0.25) is 0 Å². The molecule has 0 amide bonds. The summed E-state index contributed by atoms with van der Waals surface area (Å²) in [5.41, 5.74) is 8.93. The van der Waals surface area contributed by atoms with Crippen LogP contribution in [0.4, 0.5) is 17.1 Å². The molecule has 1 aliphatic heterocycles. The third-order valence-corrected chi connectivity index (χ3v) is 17.1. The van der Waals surface area contributed by atoms with Gasteiger partial charge in [-0.3, -0.25) is 0 Å². The molecule has 52 heavy (non-hydrogen) atoms. The molecule has 8 aromatic carbocycles. The van der Waals surface area contributed by atoms with Gasteiger partial charge < -0.3 is 4.90 Å². The minimum atomic E-state index is -2.00. The molecular formula is C48H33NS2Si. The number of fused-ring (bicyclic) bond motifs is 11. The number of anilines is 3. The average Bonchev–Trinajstić information content (AvgIpc) is 3.83. The van der Waals surface area contributed by atoms with Crippen LogP contribution in [0, 0.1) is 0 Å². The highest BCUT2D eigenvalue weighted by atomic mass is 32.1. The molecule has 0 N–H and O–H groups in total. The lowest BCUT2D eigenvalue weighted by molar-refractivity contribution is 1.30. The maximum atomic E-state index is 2.54. The number of nitrogens with zero attached hydrogens (tertiary/aromatic N) is 1. The summed E-state index contributed by atoms with van der Waals surface area (Å²) in [7, 11) is -2.00. The second-order valence-electron chi connectivity index (χ2n) is 14.5. The first kappa shape index (κ1) is 30.1. The van der Waals surface area contributed by atoms with Crippen molar-refractivity contribution in [2.45, 2.75) is 13.1 Å². The molecule has 246 valence electrons. The highest BCUT2D eigenvalue weighted by Gasteiger charge is 2.39. The minimum absolute atomic E-state index is 1.16. The van der Waals surface area contributed by atoms with E-state index in [1.807, 2.05) is 22.7 Å². The van der Waals surface area contributed by atoms with E-state index in [1.165, 1.54) is 89.9 Å². The molecule has 0 bridgehead atoms. The fraction of sp³-hybridized carbons (Fsp3) is 0.0417. The molecule has 0 aliphatic carbocycles. The zero-order chi connectivity index (χ0) is 34.6. The first-order valence-corrected chi connectivity index (χ1v) is 22.6. The van der Waals surface area contributed by atoms with Crippen molar-refractivity contribution in [2.24, 2.45) is 0 Å². The third kappa shape index (κ3) is 4.38. The fourth-order valence-corrected chi connectivity index (χ4v) is 14.2. The van der Waals surface area contributed by atoms with Crippen LogP contribution in [0.1, 0.15) is 0 Å². The van der Waals surface area contributed by atoms with E-state index in [4.69, 9.17) is 0 Å². The van der Waals surface area contributed by atoms with Gasteiger partial charge in [0.1, 0.15) is 8.07 Å². The Balaban J connectivity index is 1.11. The molecule has 10 aromatic rings. The molecule has 0 atom stereocenters. The predicted molar refractivity (Wildman–Crippen MR) is 232 cm³/mol. The van der Waals surface area contributed by atoms with Gasteiger partial charge in [0.05, 0.1) is 5.69 Å². The monoisotopic (exact) mass is 715 g/mol. The molecule has 1 aliphatic rings. The molecule has 2 aromatic heterocycles. The number of rotatable bonds is 4. The van der Waals surface area contributed by atoms with Crippen LogP contribution < -0.4 is 15.3 Å². The van der Waals surface area contributed by atoms with E-state index in [0.717, 1.165) is 5.69 Å². The quantitative estimate of drug-likeness (QED) is 0.164. The van der Waals surface area contributed by atoms with Gasteiger partial charge in [0, 0.05) is 51.7 Å². The lowest BCUT2D eigenvalue weighted by Gasteiger charge is -2.28. The van der Waals surface area contributed by atoms with Crippen LogP contribution >= 0.6 is 22.7 Å². The topological polar surface area (TPSA) is 3.24 Å². The molecule has 0 radical (unpaired) electrons. The van der Waals surface area contributed by atoms with E-state index in [0.29, 0.717) is 0 Å². The van der Waals surface area contributed by atoms with Gasteiger partial charge in [-0.25, -0.2) is 0 Å². The number of hydrogen-bond acceptors (Lipinski definition) is 3. The van der Waals surface area contributed by atoms with Gasteiger partial charge in [-0.15, -0.1) is 22.7 Å². The highest BCUT2D eigenvalue weighted by molar-refractivity contribution is 7.27. The standard InChI is InChI=1S/C48H33NS2Si/c1-52(2)44-27-26-37-36-12-5-7-15-41(36)51-48(37)47(44)39-25-24-35(29-45(39)52)49(40-14-9-17-43-46(40)38-13-6-8-16-42(38)50-43)34-22-20-31(21-23-34)33-19-18-30-10-3-4-11-32(30)28-33/h3-29H,1-2H3. The van der Waals surface area contributed by atoms with Gasteiger partial charge in [-0.05, 0) is 98.0 Å². The largest absolute Gasteiger partial charge is 0.310 e. The van der Waals surface area contributed by atoms with Crippen LogP contribution in [-0.2, 0) is 0 Å². The SMILES string of the molecule is C[Si]1(C)c2cc(N(c3ccc(-c4ccc5ccccc5c4)cc3)c3cccc4sc5ccccc5c34)ccc2-c2c1ccc1c2sc2ccccc21. The van der Waals surface area contributed by atoms with Crippen LogP contribution in [0.5, 0.6) is 0 Å². The Hall–Kier alpha value is -5.52. The Kier molecular flexibility index (Phi) is 6.51. The van der Waals surface area contributed by atoms with Crippen molar-refractivity contribution in [1.29, 1.82) is 0 Å². The lowest BCUT2D eigenvalue weighted by Crippen LogP contribution is -2.49. The van der Waals surface area contributed by atoms with Crippen LogP contribution in [0.3, 0.4) is 0 Å². The maximum absolute atomic E-state index is 2.54. The number of hydrogen-bond donors (Lipinski definition) is 0. The summed E-state index contributed by atoms with van der Waals surface area (Å²) in [5.74, 6) is 0. The van der Waals surface area contributed by atoms with Crippen LogP contribution in [0.15, 0.2) is 164 Å². The summed E-state index contributed by atoms with van der Waals surface area (Å²) >= 11 is 3.83. The van der Waals surface area contributed by atoms with Crippen molar-refractivity contribution >= 4 is 109 Å². The second kappa shape index (κ2) is 11.2. The highest BCUT2D eigenvalue weighted by Crippen LogP contribution is 2.47. The molecular weight excluding hydrogens is 683 g/mol. The second-order valence-corrected chi connectivity index (χ2v) is 21.0. The zero-order valence-electron chi connectivity index (χ0n) is 28.9. The van der Waals surface area contributed by atoms with Gasteiger partial charge >= 0.3 is 0 Å². The summed E-state index contributed by atoms with van der Waals surface area (Å²) in [6, 6.07) is 61.3. The van der Waals surface area contributed by atoms with Crippen LogP contribution in [-0.4, -0.2) is 8.07 Å². The smallest absolute Gasteiger partial charge is 0.114 e. The average molecular weight is 716 g/mol. The van der Waals surface area contributed by atoms with Crippen molar-refractivity contribution in [3.63, 3.8) is 0 Å². The van der Waals surface area contributed by atoms with Crippen molar-refractivity contribution in [1.82, 2.24) is 0 Å². The molecule has 1 nitrogen and oxygen atoms in total. The third-order valence-electron chi connectivity index (χ3n) is 11.3. The van der Waals surface area contributed by atoms with Gasteiger partial charge in [0.15, 0.2) is 0 Å². The Labute approximate surface area is 311 Å². The molecule has 0 saturated carbocycles. The molecule has 0 saturated heterocycles. The van der Waals surface area contributed by atoms with E-state index in [2.05, 4.69) is 182 Å². The normalized spacial score (nSPS) is 13.3. The van der Waals surface area contributed by atoms with E-state index >= 15 is 0 Å². The Bertz CT molecular complexity index is 3060. The van der Waals surface area contributed by atoms with Crippen molar-refractivity contribution in [3.05, 3.63) is 164 Å². The van der Waals surface area contributed by atoms with E-state index < -0.39 is 8.07 Å². The van der Waals surface area contributed by atoms with Gasteiger partial charge in [-0.2, -0.15) is 0 Å². The summed E-state index contributed by atoms with van der Waals surface area (Å²) in [5, 5.41) is 11.0. The Morgan fingerprint density at radius 1 is 0.462 bits per heavy atom. The van der Waals surface area contributed by atoms with Crippen molar-refractivity contribution in [3.8, 4) is 22.3 Å². The molecule has 0 fully saturated rings. The molecule has 3 heterocycles. The summed E-state index contributed by atoms with van der Waals surface area (Å²) in [6.07, 6.45) is 0.